The average molecular weight is 387 g/mol. The van der Waals surface area contributed by atoms with E-state index in [4.69, 9.17) is 0 Å². The van der Waals surface area contributed by atoms with Gasteiger partial charge in [-0.25, -0.2) is 0 Å². The van der Waals surface area contributed by atoms with Crippen LogP contribution in [-0.4, -0.2) is 12.3 Å². The van der Waals surface area contributed by atoms with E-state index in [2.05, 4.69) is 67.5 Å². The lowest BCUT2D eigenvalue weighted by Gasteiger charge is -2.08. The molecule has 94 valence electrons. The van der Waals surface area contributed by atoms with Crippen molar-refractivity contribution in [3.8, 4) is 0 Å². The molecular formula is C14H13Br2NS. The number of halogens is 2. The van der Waals surface area contributed by atoms with Gasteiger partial charge in [-0.1, -0.05) is 34.1 Å². The first kappa shape index (κ1) is 14.0. The van der Waals surface area contributed by atoms with Crippen LogP contribution < -0.4 is 5.32 Å². The predicted octanol–water partition coefficient (Wildman–Crippen LogP) is 5.42. The average Bonchev–Trinajstić information content (AvgIpc) is 2.38. The lowest BCUT2D eigenvalue weighted by atomic mass is 10.3. The standard InChI is InChI=1S/C14H13Br2NS/c15-11-6-7-14(13(16)10-11)17-8-9-18-12-4-2-1-3-5-12/h1-7,10,17H,8-9H2. The zero-order valence-corrected chi connectivity index (χ0v) is 13.7. The fourth-order valence-corrected chi connectivity index (χ4v) is 3.48. The Morgan fingerprint density at radius 3 is 2.50 bits per heavy atom. The maximum absolute atomic E-state index is 3.54. The van der Waals surface area contributed by atoms with Crippen molar-refractivity contribution in [1.82, 2.24) is 0 Å². The van der Waals surface area contributed by atoms with Crippen LogP contribution in [0.1, 0.15) is 0 Å². The van der Waals surface area contributed by atoms with Crippen molar-refractivity contribution >= 4 is 49.3 Å². The van der Waals surface area contributed by atoms with Gasteiger partial charge in [0.1, 0.15) is 0 Å². The SMILES string of the molecule is Brc1ccc(NCCSc2ccccc2)c(Br)c1. The number of benzene rings is 2. The molecule has 0 spiro atoms. The molecule has 0 unspecified atom stereocenters. The molecule has 2 aromatic carbocycles. The van der Waals surface area contributed by atoms with Gasteiger partial charge in [-0.05, 0) is 46.3 Å². The van der Waals surface area contributed by atoms with Gasteiger partial charge in [0.25, 0.3) is 0 Å². The third-order valence-electron chi connectivity index (χ3n) is 2.36. The molecule has 0 bridgehead atoms. The van der Waals surface area contributed by atoms with E-state index in [1.165, 1.54) is 4.90 Å². The van der Waals surface area contributed by atoms with Crippen molar-refractivity contribution in [3.63, 3.8) is 0 Å². The van der Waals surface area contributed by atoms with E-state index in [9.17, 15) is 0 Å². The van der Waals surface area contributed by atoms with Crippen LogP contribution in [0.5, 0.6) is 0 Å². The fraction of sp³-hybridized carbons (Fsp3) is 0.143. The summed E-state index contributed by atoms with van der Waals surface area (Å²) in [7, 11) is 0. The van der Waals surface area contributed by atoms with Gasteiger partial charge in [-0.15, -0.1) is 11.8 Å². The number of nitrogens with one attached hydrogen (secondary N) is 1. The summed E-state index contributed by atoms with van der Waals surface area (Å²) in [5.74, 6) is 1.05. The normalized spacial score (nSPS) is 10.3. The highest BCUT2D eigenvalue weighted by Crippen LogP contribution is 2.26. The lowest BCUT2D eigenvalue weighted by molar-refractivity contribution is 1.22. The van der Waals surface area contributed by atoms with Gasteiger partial charge in [-0.2, -0.15) is 0 Å². The van der Waals surface area contributed by atoms with E-state index in [1.54, 1.807) is 0 Å². The third-order valence-corrected chi connectivity index (χ3v) is 4.52. The van der Waals surface area contributed by atoms with Crippen LogP contribution in [0.15, 0.2) is 62.4 Å². The second-order valence-electron chi connectivity index (χ2n) is 3.71. The largest absolute Gasteiger partial charge is 0.383 e. The van der Waals surface area contributed by atoms with Crippen LogP contribution in [0.3, 0.4) is 0 Å². The van der Waals surface area contributed by atoms with E-state index in [0.717, 1.165) is 26.9 Å². The second-order valence-corrected chi connectivity index (χ2v) is 6.65. The third kappa shape index (κ3) is 4.34. The molecule has 2 rings (SSSR count). The van der Waals surface area contributed by atoms with Crippen LogP contribution in [0.4, 0.5) is 5.69 Å². The number of hydrogen-bond acceptors (Lipinski definition) is 2. The molecular weight excluding hydrogens is 374 g/mol. The molecule has 0 radical (unpaired) electrons. The quantitative estimate of drug-likeness (QED) is 0.544. The molecule has 0 amide bonds. The summed E-state index contributed by atoms with van der Waals surface area (Å²) in [5, 5.41) is 3.42. The lowest BCUT2D eigenvalue weighted by Crippen LogP contribution is -2.04. The Labute approximate surface area is 129 Å². The van der Waals surface area contributed by atoms with Crippen molar-refractivity contribution in [2.24, 2.45) is 0 Å². The number of hydrogen-bond donors (Lipinski definition) is 1. The Balaban J connectivity index is 1.79. The van der Waals surface area contributed by atoms with Crippen LogP contribution in [0.25, 0.3) is 0 Å². The summed E-state index contributed by atoms with van der Waals surface area (Å²) >= 11 is 8.85. The molecule has 0 atom stereocenters. The van der Waals surface area contributed by atoms with Crippen molar-refractivity contribution in [2.75, 3.05) is 17.6 Å². The van der Waals surface area contributed by atoms with E-state index in [1.807, 2.05) is 30.0 Å². The minimum absolute atomic E-state index is 0.944. The molecule has 0 heterocycles. The van der Waals surface area contributed by atoms with E-state index in [-0.39, 0.29) is 0 Å². The van der Waals surface area contributed by atoms with Gasteiger partial charge in [0.05, 0.1) is 0 Å². The maximum atomic E-state index is 3.54. The molecule has 0 aromatic heterocycles. The first-order valence-electron chi connectivity index (χ1n) is 5.62. The van der Waals surface area contributed by atoms with Gasteiger partial charge in [-0.3, -0.25) is 0 Å². The molecule has 1 N–H and O–H groups in total. The molecule has 0 aliphatic carbocycles. The van der Waals surface area contributed by atoms with Crippen molar-refractivity contribution in [1.29, 1.82) is 0 Å². The van der Waals surface area contributed by atoms with Gasteiger partial charge in [0, 0.05) is 31.8 Å². The van der Waals surface area contributed by atoms with Crippen molar-refractivity contribution in [3.05, 3.63) is 57.5 Å². The zero-order chi connectivity index (χ0) is 12.8. The molecule has 1 nitrogen and oxygen atoms in total. The molecule has 18 heavy (non-hydrogen) atoms. The van der Waals surface area contributed by atoms with E-state index >= 15 is 0 Å². The number of rotatable bonds is 5. The van der Waals surface area contributed by atoms with Crippen LogP contribution >= 0.6 is 43.6 Å². The summed E-state index contributed by atoms with van der Waals surface area (Å²) in [6.45, 7) is 0.944. The second kappa shape index (κ2) is 7.22. The van der Waals surface area contributed by atoms with E-state index in [0.29, 0.717) is 0 Å². The Hall–Kier alpha value is -0.450. The fourth-order valence-electron chi connectivity index (χ4n) is 1.50. The molecule has 0 saturated heterocycles. The molecule has 4 heteroatoms. The monoisotopic (exact) mass is 385 g/mol. The predicted molar refractivity (Wildman–Crippen MR) is 87.5 cm³/mol. The minimum atomic E-state index is 0.944. The Bertz CT molecular complexity index is 502. The first-order valence-corrected chi connectivity index (χ1v) is 8.19. The van der Waals surface area contributed by atoms with Crippen molar-refractivity contribution < 1.29 is 0 Å². The molecule has 0 saturated carbocycles. The summed E-state index contributed by atoms with van der Waals surface area (Å²) in [5.41, 5.74) is 1.13. The van der Waals surface area contributed by atoms with Crippen LogP contribution in [0.2, 0.25) is 0 Å². The topological polar surface area (TPSA) is 12.0 Å². The summed E-state index contributed by atoms with van der Waals surface area (Å²) in [6, 6.07) is 16.6. The molecule has 2 aromatic rings. The van der Waals surface area contributed by atoms with Gasteiger partial charge >= 0.3 is 0 Å². The highest BCUT2D eigenvalue weighted by atomic mass is 79.9. The highest BCUT2D eigenvalue weighted by Gasteiger charge is 1.99. The van der Waals surface area contributed by atoms with Gasteiger partial charge in [0.2, 0.25) is 0 Å². The number of anilines is 1. The highest BCUT2D eigenvalue weighted by molar-refractivity contribution is 9.11. The Morgan fingerprint density at radius 2 is 1.78 bits per heavy atom. The minimum Gasteiger partial charge on any atom is -0.383 e. The van der Waals surface area contributed by atoms with Crippen LogP contribution in [0, 0.1) is 0 Å². The summed E-state index contributed by atoms with van der Waals surface area (Å²) in [4.78, 5) is 1.31. The summed E-state index contributed by atoms with van der Waals surface area (Å²) in [6.07, 6.45) is 0. The Kier molecular flexibility index (Phi) is 5.60. The molecule has 0 fully saturated rings. The van der Waals surface area contributed by atoms with Crippen molar-refractivity contribution in [2.45, 2.75) is 4.90 Å². The van der Waals surface area contributed by atoms with Crippen LogP contribution in [-0.2, 0) is 0 Å². The Morgan fingerprint density at radius 1 is 1.00 bits per heavy atom. The zero-order valence-electron chi connectivity index (χ0n) is 9.70. The van der Waals surface area contributed by atoms with Gasteiger partial charge in [0.15, 0.2) is 0 Å². The smallest absolute Gasteiger partial charge is 0.0485 e. The van der Waals surface area contributed by atoms with Gasteiger partial charge < -0.3 is 5.32 Å². The molecule has 0 aliphatic rings. The maximum Gasteiger partial charge on any atom is 0.0485 e. The van der Waals surface area contributed by atoms with E-state index < -0.39 is 0 Å². The first-order chi connectivity index (χ1) is 8.75. The number of thioether (sulfide) groups is 1. The summed E-state index contributed by atoms with van der Waals surface area (Å²) < 4.78 is 2.17. The molecule has 0 aliphatic heterocycles.